The van der Waals surface area contributed by atoms with E-state index >= 15 is 0 Å². The summed E-state index contributed by atoms with van der Waals surface area (Å²) in [7, 11) is 2.95. The minimum atomic E-state index is -1.08. The fourth-order valence-corrected chi connectivity index (χ4v) is 5.96. The number of thiazole rings is 1. The maximum Gasteiger partial charge on any atom is 0.301 e. The van der Waals surface area contributed by atoms with Gasteiger partial charge >= 0.3 is 5.91 Å². The van der Waals surface area contributed by atoms with E-state index in [9.17, 15) is 19.8 Å². The van der Waals surface area contributed by atoms with E-state index in [4.69, 9.17) is 14.2 Å². The van der Waals surface area contributed by atoms with Gasteiger partial charge in [0.1, 0.15) is 17.3 Å². The number of aromatic nitrogens is 1. The molecule has 1 atom stereocenters. The Morgan fingerprint density at radius 1 is 1.07 bits per heavy atom. The van der Waals surface area contributed by atoms with E-state index in [1.807, 2.05) is 6.92 Å². The quantitative estimate of drug-likeness (QED) is 0.135. The molecule has 1 fully saturated rings. The second-order valence-corrected chi connectivity index (χ2v) is 10.8. The minimum absolute atomic E-state index is 0.124. The lowest BCUT2D eigenvalue weighted by molar-refractivity contribution is -0.132. The molecule has 0 spiro atoms. The molecule has 9 nitrogen and oxygen atoms in total. The molecular weight excluding hydrogens is 600 g/mol. The number of phenolic OH excluding ortho intramolecular Hbond substituents is 1. The smallest absolute Gasteiger partial charge is 0.301 e. The van der Waals surface area contributed by atoms with Gasteiger partial charge in [0, 0.05) is 5.56 Å². The van der Waals surface area contributed by atoms with Crippen LogP contribution in [0.2, 0.25) is 0 Å². The SMILES string of the molecule is CCCOc1cccc(C(O)=C2C(=O)C(=O)N(c3nc4ccc(OC)cc4s3)C2c2cc(Br)c(O)c(OC)c2)c1. The Balaban J connectivity index is 1.73. The number of carbonyl (C=O) groups is 2. The van der Waals surface area contributed by atoms with Crippen LogP contribution in [0.25, 0.3) is 16.0 Å². The standard InChI is InChI=1S/C29H25BrN2O7S/c1-4-10-39-18-7-5-6-15(11-18)25(33)23-24(16-12-19(30)26(34)21(13-16)38-3)32(28(36)27(23)35)29-31-20-9-8-17(37-2)14-22(20)40-29/h5-9,11-14,24,33-34H,4,10H2,1-3H3. The van der Waals surface area contributed by atoms with Crippen LogP contribution < -0.4 is 19.1 Å². The van der Waals surface area contributed by atoms with E-state index in [2.05, 4.69) is 20.9 Å². The highest BCUT2D eigenvalue weighted by molar-refractivity contribution is 9.10. The third kappa shape index (κ3) is 4.86. The number of aliphatic hydroxyl groups excluding tert-OH is 1. The van der Waals surface area contributed by atoms with Crippen LogP contribution in [0.1, 0.15) is 30.5 Å². The van der Waals surface area contributed by atoms with Gasteiger partial charge in [0.25, 0.3) is 5.78 Å². The predicted molar refractivity (Wildman–Crippen MR) is 156 cm³/mol. The van der Waals surface area contributed by atoms with Crippen LogP contribution in [0.4, 0.5) is 5.13 Å². The van der Waals surface area contributed by atoms with Crippen molar-refractivity contribution in [1.82, 2.24) is 4.98 Å². The first-order chi connectivity index (χ1) is 19.3. The number of phenols is 1. The number of hydrogen-bond donors (Lipinski definition) is 2. The van der Waals surface area contributed by atoms with Gasteiger partial charge in [0.05, 0.1) is 47.1 Å². The van der Waals surface area contributed by atoms with Gasteiger partial charge in [-0.15, -0.1) is 0 Å². The monoisotopic (exact) mass is 624 g/mol. The molecule has 11 heteroatoms. The topological polar surface area (TPSA) is 118 Å². The summed E-state index contributed by atoms with van der Waals surface area (Å²) in [4.78, 5) is 33.1. The number of ketones is 1. The van der Waals surface area contributed by atoms with Gasteiger partial charge in [-0.25, -0.2) is 4.98 Å². The molecule has 4 aromatic rings. The molecule has 1 saturated heterocycles. The summed E-state index contributed by atoms with van der Waals surface area (Å²) < 4.78 is 17.4. The van der Waals surface area contributed by atoms with Gasteiger partial charge in [-0.3, -0.25) is 14.5 Å². The number of ether oxygens (including phenoxy) is 3. The number of Topliss-reactive ketones (excluding diaryl/α,β-unsaturated/α-hetero) is 1. The molecule has 1 unspecified atom stereocenters. The number of halogens is 1. The molecule has 206 valence electrons. The number of methoxy groups -OCH3 is 2. The second kappa shape index (κ2) is 11.2. The van der Waals surface area contributed by atoms with Gasteiger partial charge < -0.3 is 24.4 Å². The van der Waals surface area contributed by atoms with Gasteiger partial charge in [-0.2, -0.15) is 0 Å². The molecule has 2 N–H and O–H groups in total. The number of fused-ring (bicyclic) bond motifs is 1. The molecule has 1 aliphatic rings. The van der Waals surface area contributed by atoms with Crippen LogP contribution >= 0.6 is 27.3 Å². The normalized spacial score (nSPS) is 16.5. The molecule has 5 rings (SSSR count). The summed E-state index contributed by atoms with van der Waals surface area (Å²) >= 11 is 4.54. The van der Waals surface area contributed by atoms with Crippen molar-refractivity contribution in [1.29, 1.82) is 0 Å². The van der Waals surface area contributed by atoms with Crippen LogP contribution in [0, 0.1) is 0 Å². The van der Waals surface area contributed by atoms with E-state index in [1.165, 1.54) is 29.4 Å². The summed E-state index contributed by atoms with van der Waals surface area (Å²) in [6.07, 6.45) is 0.799. The number of rotatable bonds is 8. The second-order valence-electron chi connectivity index (χ2n) is 8.93. The first-order valence-corrected chi connectivity index (χ1v) is 13.9. The maximum atomic E-state index is 13.6. The molecule has 1 amide bonds. The Hall–Kier alpha value is -4.09. The number of aromatic hydroxyl groups is 1. The summed E-state index contributed by atoms with van der Waals surface area (Å²) in [5.41, 5.74) is 1.22. The van der Waals surface area contributed by atoms with E-state index in [0.717, 1.165) is 11.1 Å². The average molecular weight is 625 g/mol. The first kappa shape index (κ1) is 27.5. The zero-order chi connectivity index (χ0) is 28.6. The molecule has 0 saturated carbocycles. The minimum Gasteiger partial charge on any atom is -0.507 e. The van der Waals surface area contributed by atoms with Gasteiger partial charge in [-0.1, -0.05) is 30.4 Å². The third-order valence-corrected chi connectivity index (χ3v) is 8.02. The Morgan fingerprint density at radius 3 is 2.60 bits per heavy atom. The van der Waals surface area contributed by atoms with E-state index < -0.39 is 17.7 Å². The fraction of sp³-hybridized carbons (Fsp3) is 0.207. The molecule has 1 aliphatic heterocycles. The van der Waals surface area contributed by atoms with Crippen molar-refractivity contribution in [3.05, 3.63) is 75.8 Å². The summed E-state index contributed by atoms with van der Waals surface area (Å²) in [6.45, 7) is 2.46. The van der Waals surface area contributed by atoms with Gasteiger partial charge in [0.15, 0.2) is 16.6 Å². The van der Waals surface area contributed by atoms with Crippen molar-refractivity contribution in [3.63, 3.8) is 0 Å². The highest BCUT2D eigenvalue weighted by Crippen LogP contribution is 2.47. The summed E-state index contributed by atoms with van der Waals surface area (Å²) in [5.74, 6) is -0.959. The molecule has 2 heterocycles. The number of carbonyl (C=O) groups excluding carboxylic acids is 2. The Labute approximate surface area is 242 Å². The van der Waals surface area contributed by atoms with Gasteiger partial charge in [0.2, 0.25) is 0 Å². The highest BCUT2D eigenvalue weighted by atomic mass is 79.9. The fourth-order valence-electron chi connectivity index (χ4n) is 4.48. The molecule has 1 aromatic heterocycles. The van der Waals surface area contributed by atoms with E-state index in [0.29, 0.717) is 34.7 Å². The number of nitrogens with zero attached hydrogens (tertiary/aromatic N) is 2. The molecular formula is C29H25BrN2O7S. The Morgan fingerprint density at radius 2 is 1.88 bits per heavy atom. The van der Waals surface area contributed by atoms with Crippen LogP contribution in [-0.2, 0) is 9.59 Å². The average Bonchev–Trinajstić information content (AvgIpc) is 3.50. The maximum absolute atomic E-state index is 13.6. The molecule has 40 heavy (non-hydrogen) atoms. The molecule has 0 aliphatic carbocycles. The zero-order valence-electron chi connectivity index (χ0n) is 21.8. The number of hydrogen-bond acceptors (Lipinski definition) is 9. The zero-order valence-corrected chi connectivity index (χ0v) is 24.2. The van der Waals surface area contributed by atoms with Crippen LogP contribution in [0.3, 0.4) is 0 Å². The van der Waals surface area contributed by atoms with E-state index in [-0.39, 0.29) is 32.4 Å². The van der Waals surface area contributed by atoms with Crippen LogP contribution in [0.5, 0.6) is 23.0 Å². The number of aliphatic hydroxyl groups is 1. The largest absolute Gasteiger partial charge is 0.507 e. The van der Waals surface area contributed by atoms with Gasteiger partial charge in [-0.05, 0) is 70.4 Å². The van der Waals surface area contributed by atoms with Crippen molar-refractivity contribution in [2.24, 2.45) is 0 Å². The van der Waals surface area contributed by atoms with Crippen LogP contribution in [0.15, 0.2) is 64.6 Å². The molecule has 0 bridgehead atoms. The van der Waals surface area contributed by atoms with Crippen molar-refractivity contribution in [2.75, 3.05) is 25.7 Å². The number of anilines is 1. The Kier molecular flexibility index (Phi) is 7.68. The molecule has 0 radical (unpaired) electrons. The molecule has 3 aromatic carbocycles. The first-order valence-electron chi connectivity index (χ1n) is 12.3. The third-order valence-electron chi connectivity index (χ3n) is 6.40. The van der Waals surface area contributed by atoms with Crippen molar-refractivity contribution in [3.8, 4) is 23.0 Å². The lowest BCUT2D eigenvalue weighted by Crippen LogP contribution is -2.29. The Bertz CT molecular complexity index is 1670. The van der Waals surface area contributed by atoms with E-state index in [1.54, 1.807) is 55.6 Å². The van der Waals surface area contributed by atoms with Crippen molar-refractivity contribution in [2.45, 2.75) is 19.4 Å². The summed E-state index contributed by atoms with van der Waals surface area (Å²) in [6, 6.07) is 14.0. The number of amides is 1. The van der Waals surface area contributed by atoms with Crippen molar-refractivity contribution >= 4 is 60.1 Å². The number of benzene rings is 3. The van der Waals surface area contributed by atoms with Crippen LogP contribution in [-0.4, -0.2) is 47.7 Å². The lowest BCUT2D eigenvalue weighted by Gasteiger charge is -2.24. The highest BCUT2D eigenvalue weighted by Gasteiger charge is 2.48. The summed E-state index contributed by atoms with van der Waals surface area (Å²) in [5, 5.41) is 22.2. The lowest BCUT2D eigenvalue weighted by atomic mass is 9.95. The van der Waals surface area contributed by atoms with Crippen molar-refractivity contribution < 1.29 is 34.0 Å². The predicted octanol–water partition coefficient (Wildman–Crippen LogP) is 6.20.